The minimum absolute atomic E-state index is 0. The fourth-order valence-electron chi connectivity index (χ4n) is 0.123. The average Bonchev–Trinajstić information content (AvgIpc) is 1.14. The van der Waals surface area contributed by atoms with E-state index in [1.807, 2.05) is 0 Å². The molecule has 3 N–H and O–H groups in total. The van der Waals surface area contributed by atoms with E-state index < -0.39 is 18.2 Å². The second kappa shape index (κ2) is 3.78. The molecule has 0 amide bonds. The number of phosphoric acid groups is 1. The average molecular weight is 237 g/mol. The van der Waals surface area contributed by atoms with Crippen LogP contribution in [0, 0.1) is 0 Å². The molecule has 0 saturated heterocycles. The number of hydrogen-bond donors (Lipinski definition) is 3. The van der Waals surface area contributed by atoms with Crippen molar-refractivity contribution >= 4 is 18.2 Å². The topological polar surface area (TPSA) is 121 Å². The Hall–Kier alpha value is 0.514. The fourth-order valence-corrected chi connectivity index (χ4v) is 1.10. The number of hydrogen-bond acceptors (Lipinski definition) is 4. The van der Waals surface area contributed by atoms with E-state index in [0.29, 0.717) is 0 Å². The summed E-state index contributed by atoms with van der Waals surface area (Å²) in [6.07, 6.45) is 0. The summed E-state index contributed by atoms with van der Waals surface area (Å²) in [6.45, 7) is 0. The van der Waals surface area contributed by atoms with Gasteiger partial charge in [0.1, 0.15) is 0 Å². The van der Waals surface area contributed by atoms with E-state index in [2.05, 4.69) is 3.97 Å². The molecule has 7 nitrogen and oxygen atoms in total. The van der Waals surface area contributed by atoms with Crippen LogP contribution in [-0.2, 0) is 35.4 Å². The van der Waals surface area contributed by atoms with Crippen LogP contribution >= 0.6 is 7.82 Å². The van der Waals surface area contributed by atoms with Gasteiger partial charge in [-0.05, 0) is 0 Å². The third-order valence-electron chi connectivity index (χ3n) is 0.191. The molecule has 66 valence electrons. The van der Waals surface area contributed by atoms with Crippen LogP contribution in [0.2, 0.25) is 0 Å². The van der Waals surface area contributed by atoms with Gasteiger partial charge in [0.15, 0.2) is 0 Å². The molecule has 0 aliphatic rings. The summed E-state index contributed by atoms with van der Waals surface area (Å²) in [5, 5.41) is 0. The van der Waals surface area contributed by atoms with E-state index in [-0.39, 0.29) is 16.5 Å². The van der Waals surface area contributed by atoms with Crippen molar-refractivity contribution in [3.63, 3.8) is 0 Å². The summed E-state index contributed by atoms with van der Waals surface area (Å²) in [5.74, 6) is 0. The van der Waals surface area contributed by atoms with Crippen molar-refractivity contribution in [1.29, 1.82) is 0 Å². The molecule has 10 heteroatoms. The van der Waals surface area contributed by atoms with Crippen LogP contribution in [0.15, 0.2) is 0 Å². The predicted octanol–water partition coefficient (Wildman–Crippen LogP) is -1.10. The molecule has 0 saturated carbocycles. The van der Waals surface area contributed by atoms with Gasteiger partial charge in [-0.2, -0.15) is 8.42 Å². The zero-order valence-electron chi connectivity index (χ0n) is 4.15. The van der Waals surface area contributed by atoms with Gasteiger partial charge in [-0.25, -0.2) is 4.57 Å². The van der Waals surface area contributed by atoms with Crippen LogP contribution in [-0.4, -0.2) is 22.8 Å². The Morgan fingerprint density at radius 3 is 1.60 bits per heavy atom. The van der Waals surface area contributed by atoms with Crippen molar-refractivity contribution < 1.29 is 47.8 Å². The largest absolute Gasteiger partial charge is 0.486 e. The quantitative estimate of drug-likeness (QED) is 0.316. The van der Waals surface area contributed by atoms with Gasteiger partial charge in [0, 0.05) is 16.5 Å². The Kier molecular flexibility index (Phi) is 4.96. The van der Waals surface area contributed by atoms with Crippen LogP contribution in [0.5, 0.6) is 0 Å². The standard InChI is InChI=1S/Ni.H3O7PS/c;1-8(2,3)7-9(4,5)6/h;(H2,1,2,3)(H,4,5,6). The Bertz CT molecular complexity index is 220. The number of rotatable bonds is 2. The van der Waals surface area contributed by atoms with Gasteiger partial charge in [-0.3, -0.25) is 4.55 Å². The maximum absolute atomic E-state index is 9.58. The normalized spacial score (nSPS) is 12.3. The van der Waals surface area contributed by atoms with Crippen LogP contribution < -0.4 is 0 Å². The zero-order chi connectivity index (χ0) is 7.71. The van der Waals surface area contributed by atoms with Gasteiger partial charge in [0.2, 0.25) is 0 Å². The maximum atomic E-state index is 9.58. The molecule has 0 aromatic carbocycles. The molecule has 0 heterocycles. The van der Waals surface area contributed by atoms with Gasteiger partial charge in [-0.15, -0.1) is 3.97 Å². The van der Waals surface area contributed by atoms with Crippen molar-refractivity contribution in [3.05, 3.63) is 0 Å². The Balaban J connectivity index is 0. The zero-order valence-corrected chi connectivity index (χ0v) is 6.84. The molecule has 0 unspecified atom stereocenters. The van der Waals surface area contributed by atoms with E-state index in [4.69, 9.17) is 14.3 Å². The first kappa shape index (κ1) is 13.1. The van der Waals surface area contributed by atoms with Gasteiger partial charge in [0.05, 0.1) is 0 Å². The van der Waals surface area contributed by atoms with Gasteiger partial charge in [0.25, 0.3) is 0 Å². The van der Waals surface area contributed by atoms with E-state index in [1.54, 1.807) is 0 Å². The molecule has 0 radical (unpaired) electrons. The van der Waals surface area contributed by atoms with Crippen molar-refractivity contribution in [3.8, 4) is 0 Å². The monoisotopic (exact) mass is 236 g/mol. The van der Waals surface area contributed by atoms with Gasteiger partial charge >= 0.3 is 18.2 Å². The summed E-state index contributed by atoms with van der Waals surface area (Å²) in [7, 11) is -10.2. The first-order chi connectivity index (χ1) is 3.71. The van der Waals surface area contributed by atoms with Crippen LogP contribution in [0.3, 0.4) is 0 Å². The summed E-state index contributed by atoms with van der Waals surface area (Å²) in [5.41, 5.74) is 0. The molecule has 0 aliphatic carbocycles. The predicted molar refractivity (Wildman–Crippen MR) is 24.7 cm³/mol. The van der Waals surface area contributed by atoms with Crippen LogP contribution in [0.25, 0.3) is 0 Å². The Morgan fingerprint density at radius 1 is 1.30 bits per heavy atom. The van der Waals surface area contributed by atoms with Gasteiger partial charge in [-0.1, -0.05) is 0 Å². The summed E-state index contributed by atoms with van der Waals surface area (Å²) in [4.78, 5) is 15.4. The molecule has 0 spiro atoms. The van der Waals surface area contributed by atoms with Crippen LogP contribution in [0.1, 0.15) is 0 Å². The molecule has 0 aliphatic heterocycles. The van der Waals surface area contributed by atoms with Crippen molar-refractivity contribution in [2.75, 3.05) is 0 Å². The fraction of sp³-hybridized carbons (Fsp3) is 0. The third-order valence-corrected chi connectivity index (χ3v) is 1.72. The molecule has 0 aromatic rings. The van der Waals surface area contributed by atoms with E-state index in [1.165, 1.54) is 0 Å². The molecule has 0 aromatic heterocycles. The van der Waals surface area contributed by atoms with Crippen molar-refractivity contribution in [1.82, 2.24) is 0 Å². The summed E-state index contributed by atoms with van der Waals surface area (Å²) < 4.78 is 39.0. The minimum Gasteiger partial charge on any atom is -0.302 e. The van der Waals surface area contributed by atoms with E-state index in [9.17, 15) is 13.0 Å². The third kappa shape index (κ3) is 11.3. The molecule has 0 rings (SSSR count). The second-order valence-corrected chi connectivity index (χ2v) is 3.43. The van der Waals surface area contributed by atoms with E-state index in [0.717, 1.165) is 0 Å². The van der Waals surface area contributed by atoms with Crippen LogP contribution in [0.4, 0.5) is 0 Å². The second-order valence-electron chi connectivity index (χ2n) is 0.993. The Labute approximate surface area is 66.5 Å². The van der Waals surface area contributed by atoms with E-state index >= 15 is 0 Å². The first-order valence-corrected chi connectivity index (χ1v) is 4.34. The van der Waals surface area contributed by atoms with Gasteiger partial charge < -0.3 is 9.79 Å². The molecular formula is H3NiO7PS. The molecular weight excluding hydrogens is 234 g/mol. The maximum Gasteiger partial charge on any atom is 0.486 e. The SMILES string of the molecule is O=P(O)(O)OS(=O)(=O)O.[Ni]. The molecule has 10 heavy (non-hydrogen) atoms. The molecule has 0 fully saturated rings. The molecule has 0 bridgehead atoms. The van der Waals surface area contributed by atoms with Crippen molar-refractivity contribution in [2.24, 2.45) is 0 Å². The van der Waals surface area contributed by atoms with Crippen molar-refractivity contribution in [2.45, 2.75) is 0 Å². The molecule has 0 atom stereocenters. The minimum atomic E-state index is -5.13. The summed E-state index contributed by atoms with van der Waals surface area (Å²) in [6, 6.07) is 0. The first-order valence-electron chi connectivity index (χ1n) is 1.45. The summed E-state index contributed by atoms with van der Waals surface area (Å²) >= 11 is 0. The smallest absolute Gasteiger partial charge is 0.302 e. The Morgan fingerprint density at radius 2 is 1.60 bits per heavy atom.